The molecule has 0 rings (SSSR count). The average molecular weight is 122 g/mol. The van der Waals surface area contributed by atoms with Crippen molar-refractivity contribution in [1.82, 2.24) is 0 Å². The van der Waals surface area contributed by atoms with E-state index in [1.54, 1.807) is 0 Å². The summed E-state index contributed by atoms with van der Waals surface area (Å²) in [6.45, 7) is 9.43. The first kappa shape index (κ1) is 8.22. The molecule has 0 aliphatic rings. The molecule has 0 fully saturated rings. The third-order valence-corrected chi connectivity index (χ3v) is 1.22. The van der Waals surface area contributed by atoms with Gasteiger partial charge in [-0.1, -0.05) is 37.3 Å². The minimum absolute atomic E-state index is 0.954. The van der Waals surface area contributed by atoms with Crippen molar-refractivity contribution in [1.29, 1.82) is 0 Å². The lowest BCUT2D eigenvalue weighted by Gasteiger charge is -1.91. The third kappa shape index (κ3) is 3.77. The monoisotopic (exact) mass is 122 g/mol. The Morgan fingerprint density at radius 2 is 2.11 bits per heavy atom. The van der Waals surface area contributed by atoms with Crippen molar-refractivity contribution in [2.45, 2.75) is 19.8 Å². The van der Waals surface area contributed by atoms with Crippen LogP contribution in [-0.2, 0) is 0 Å². The van der Waals surface area contributed by atoms with Gasteiger partial charge in [0, 0.05) is 0 Å². The van der Waals surface area contributed by atoms with Gasteiger partial charge in [0.15, 0.2) is 0 Å². The highest BCUT2D eigenvalue weighted by molar-refractivity contribution is 5.16. The summed E-state index contributed by atoms with van der Waals surface area (Å²) in [5, 5.41) is 0. The lowest BCUT2D eigenvalue weighted by molar-refractivity contribution is 1.13. The van der Waals surface area contributed by atoms with Crippen LogP contribution in [0.1, 0.15) is 19.8 Å². The first-order valence-corrected chi connectivity index (χ1v) is 3.27. The van der Waals surface area contributed by atoms with Crippen LogP contribution in [0.4, 0.5) is 0 Å². The van der Waals surface area contributed by atoms with Gasteiger partial charge in [-0.15, -0.1) is 6.58 Å². The van der Waals surface area contributed by atoms with Gasteiger partial charge in [0.2, 0.25) is 0 Å². The van der Waals surface area contributed by atoms with Gasteiger partial charge >= 0.3 is 0 Å². The molecule has 0 aliphatic carbocycles. The second-order valence-corrected chi connectivity index (χ2v) is 1.86. The van der Waals surface area contributed by atoms with Crippen molar-refractivity contribution >= 4 is 0 Å². The quantitative estimate of drug-likeness (QED) is 0.397. The van der Waals surface area contributed by atoms with Crippen molar-refractivity contribution in [3.63, 3.8) is 0 Å². The maximum Gasteiger partial charge on any atom is -0.0166 e. The fourth-order valence-electron chi connectivity index (χ4n) is 0.607. The molecular weight excluding hydrogens is 108 g/mol. The Morgan fingerprint density at radius 3 is 2.44 bits per heavy atom. The molecule has 0 N–H and O–H groups in total. The van der Waals surface area contributed by atoms with Crippen LogP contribution in [0.15, 0.2) is 37.0 Å². The molecule has 0 saturated heterocycles. The van der Waals surface area contributed by atoms with E-state index in [1.807, 2.05) is 12.2 Å². The Morgan fingerprint density at radius 1 is 1.44 bits per heavy atom. The molecule has 0 unspecified atom stereocenters. The van der Waals surface area contributed by atoms with E-state index < -0.39 is 0 Å². The molecule has 0 radical (unpaired) electrons. The summed E-state index contributed by atoms with van der Waals surface area (Å²) in [7, 11) is 0. The second kappa shape index (κ2) is 5.36. The molecular formula is C9H14. The van der Waals surface area contributed by atoms with E-state index in [4.69, 9.17) is 0 Å². The van der Waals surface area contributed by atoms with Crippen LogP contribution in [0.25, 0.3) is 0 Å². The molecule has 0 spiro atoms. The molecule has 0 saturated carbocycles. The Hall–Kier alpha value is -0.780. The Labute approximate surface area is 57.6 Å². The van der Waals surface area contributed by atoms with Crippen LogP contribution in [0.5, 0.6) is 0 Å². The molecule has 0 aliphatic heterocycles. The second-order valence-electron chi connectivity index (χ2n) is 1.86. The van der Waals surface area contributed by atoms with Gasteiger partial charge in [0.1, 0.15) is 0 Å². The minimum Gasteiger partial charge on any atom is -0.103 e. The van der Waals surface area contributed by atoms with Crippen molar-refractivity contribution < 1.29 is 0 Å². The van der Waals surface area contributed by atoms with Crippen LogP contribution in [0.3, 0.4) is 0 Å². The maximum atomic E-state index is 3.68. The zero-order valence-electron chi connectivity index (χ0n) is 6.06. The Kier molecular flexibility index (Phi) is 4.89. The van der Waals surface area contributed by atoms with Gasteiger partial charge in [0.25, 0.3) is 0 Å². The van der Waals surface area contributed by atoms with E-state index in [-0.39, 0.29) is 0 Å². The van der Waals surface area contributed by atoms with Crippen LogP contribution in [0.2, 0.25) is 0 Å². The fourth-order valence-corrected chi connectivity index (χ4v) is 0.607. The van der Waals surface area contributed by atoms with Gasteiger partial charge in [-0.2, -0.15) is 0 Å². The Bertz CT molecular complexity index is 118. The average Bonchev–Trinajstić information content (AvgIpc) is 1.91. The number of rotatable bonds is 4. The molecule has 0 heterocycles. The van der Waals surface area contributed by atoms with E-state index in [1.165, 1.54) is 5.57 Å². The van der Waals surface area contributed by atoms with E-state index >= 15 is 0 Å². The van der Waals surface area contributed by atoms with Crippen molar-refractivity contribution in [2.75, 3.05) is 0 Å². The van der Waals surface area contributed by atoms with Gasteiger partial charge < -0.3 is 0 Å². The lowest BCUT2D eigenvalue weighted by atomic mass is 10.2. The topological polar surface area (TPSA) is 0 Å². The lowest BCUT2D eigenvalue weighted by Crippen LogP contribution is -1.71. The summed E-state index contributed by atoms with van der Waals surface area (Å²) in [6.07, 6.45) is 7.94. The number of hydrogen-bond donors (Lipinski definition) is 0. The minimum atomic E-state index is 0.954. The fraction of sp³-hybridized carbons (Fsp3) is 0.333. The highest BCUT2D eigenvalue weighted by atomic mass is 13.9. The zero-order valence-corrected chi connectivity index (χ0v) is 6.06. The summed E-state index contributed by atoms with van der Waals surface area (Å²) in [5.74, 6) is 0. The molecule has 0 aromatic rings. The summed E-state index contributed by atoms with van der Waals surface area (Å²) in [6, 6.07) is 0. The molecule has 0 atom stereocenters. The predicted octanol–water partition coefficient (Wildman–Crippen LogP) is 3.08. The van der Waals surface area contributed by atoms with Gasteiger partial charge in [-0.3, -0.25) is 0 Å². The van der Waals surface area contributed by atoms with Crippen molar-refractivity contribution in [3.8, 4) is 0 Å². The van der Waals surface area contributed by atoms with Crippen LogP contribution in [-0.4, -0.2) is 0 Å². The smallest absolute Gasteiger partial charge is 0.0166 e. The molecule has 0 aromatic carbocycles. The van der Waals surface area contributed by atoms with Crippen molar-refractivity contribution in [2.24, 2.45) is 0 Å². The van der Waals surface area contributed by atoms with E-state index in [9.17, 15) is 0 Å². The van der Waals surface area contributed by atoms with E-state index in [0.29, 0.717) is 0 Å². The third-order valence-electron chi connectivity index (χ3n) is 1.22. The maximum absolute atomic E-state index is 3.68. The van der Waals surface area contributed by atoms with Crippen LogP contribution in [0, 0.1) is 0 Å². The SMILES string of the molecule is C=CCC=C(C=C)CC. The molecule has 50 valence electrons. The summed E-state index contributed by atoms with van der Waals surface area (Å²) < 4.78 is 0. The highest BCUT2D eigenvalue weighted by Crippen LogP contribution is 2.02. The molecule has 9 heavy (non-hydrogen) atoms. The summed E-state index contributed by atoms with van der Waals surface area (Å²) >= 11 is 0. The highest BCUT2D eigenvalue weighted by Gasteiger charge is 1.81. The summed E-state index contributed by atoms with van der Waals surface area (Å²) in [5.41, 5.74) is 1.30. The molecule has 0 bridgehead atoms. The summed E-state index contributed by atoms with van der Waals surface area (Å²) in [4.78, 5) is 0. The number of allylic oxidation sites excluding steroid dienone is 4. The molecule has 0 amide bonds. The van der Waals surface area contributed by atoms with E-state index in [2.05, 4.69) is 26.2 Å². The standard InChI is InChI=1S/C9H14/c1-4-7-8-9(5-2)6-3/h4-5,8H,1-2,6-7H2,3H3. The van der Waals surface area contributed by atoms with Gasteiger partial charge in [0.05, 0.1) is 0 Å². The zero-order chi connectivity index (χ0) is 7.11. The normalized spacial score (nSPS) is 11.0. The van der Waals surface area contributed by atoms with Crippen molar-refractivity contribution in [3.05, 3.63) is 37.0 Å². The Balaban J connectivity index is 3.74. The molecule has 0 nitrogen and oxygen atoms in total. The molecule has 0 aromatic heterocycles. The van der Waals surface area contributed by atoms with Gasteiger partial charge in [-0.25, -0.2) is 0 Å². The van der Waals surface area contributed by atoms with Gasteiger partial charge in [-0.05, 0) is 12.8 Å². The van der Waals surface area contributed by atoms with Crippen LogP contribution >= 0.6 is 0 Å². The first-order valence-electron chi connectivity index (χ1n) is 3.27. The predicted molar refractivity (Wildman–Crippen MR) is 43.4 cm³/mol. The molecule has 0 heteroatoms. The first-order chi connectivity index (χ1) is 4.35. The van der Waals surface area contributed by atoms with Crippen LogP contribution < -0.4 is 0 Å². The largest absolute Gasteiger partial charge is 0.103 e. The number of hydrogen-bond acceptors (Lipinski definition) is 0. The van der Waals surface area contributed by atoms with E-state index in [0.717, 1.165) is 12.8 Å².